The maximum Gasteiger partial charge on any atom is 0.255 e. The number of benzene rings is 3. The van der Waals surface area contributed by atoms with Crippen molar-refractivity contribution < 1.29 is 4.79 Å². The molecule has 7 rings (SSSR count). The molecule has 32 heavy (non-hydrogen) atoms. The molecule has 0 aliphatic heterocycles. The fourth-order valence-corrected chi connectivity index (χ4v) is 7.55. The Morgan fingerprint density at radius 1 is 0.750 bits per heavy atom. The zero-order chi connectivity index (χ0) is 21.8. The zero-order valence-electron chi connectivity index (χ0n) is 18.8. The first-order chi connectivity index (χ1) is 15.5. The number of rotatable bonds is 4. The lowest BCUT2D eigenvalue weighted by Crippen LogP contribution is -2.55. The molecule has 3 aromatic carbocycles. The first kappa shape index (κ1) is 19.8. The van der Waals surface area contributed by atoms with Gasteiger partial charge in [-0.3, -0.25) is 4.79 Å². The van der Waals surface area contributed by atoms with E-state index >= 15 is 0 Å². The van der Waals surface area contributed by atoms with Crippen molar-refractivity contribution in [3.05, 3.63) is 101 Å². The normalized spacial score (nSPS) is 30.3. The van der Waals surface area contributed by atoms with E-state index in [-0.39, 0.29) is 5.91 Å². The Hall–Kier alpha value is -2.87. The highest BCUT2D eigenvalue weighted by molar-refractivity contribution is 6.04. The van der Waals surface area contributed by atoms with E-state index in [0.29, 0.717) is 16.4 Å². The zero-order valence-corrected chi connectivity index (χ0v) is 18.8. The van der Waals surface area contributed by atoms with Crippen LogP contribution in [0.5, 0.6) is 0 Å². The van der Waals surface area contributed by atoms with E-state index in [1.165, 1.54) is 44.1 Å². The Morgan fingerprint density at radius 3 is 1.91 bits per heavy atom. The molecular weight excluding hydrogens is 390 g/mol. The van der Waals surface area contributed by atoms with E-state index < -0.39 is 0 Å². The summed E-state index contributed by atoms with van der Waals surface area (Å²) in [6.45, 7) is 2.03. The van der Waals surface area contributed by atoms with Gasteiger partial charge < -0.3 is 5.32 Å². The number of anilines is 1. The lowest BCUT2D eigenvalue weighted by atomic mass is 9.42. The summed E-state index contributed by atoms with van der Waals surface area (Å²) in [7, 11) is 0. The van der Waals surface area contributed by atoms with Crippen molar-refractivity contribution >= 4 is 11.6 Å². The molecule has 0 aromatic heterocycles. The summed E-state index contributed by atoms with van der Waals surface area (Å²) in [6, 6.07) is 27.8. The number of nitrogens with one attached hydrogen (secondary N) is 1. The van der Waals surface area contributed by atoms with Crippen LogP contribution in [0.25, 0.3) is 0 Å². The molecule has 1 amide bonds. The number of amides is 1. The second-order valence-electron chi connectivity index (χ2n) is 10.8. The van der Waals surface area contributed by atoms with Gasteiger partial charge in [0, 0.05) is 11.3 Å². The van der Waals surface area contributed by atoms with Crippen LogP contribution < -0.4 is 5.32 Å². The quantitative estimate of drug-likeness (QED) is 0.481. The van der Waals surface area contributed by atoms with Crippen LogP contribution in [0.4, 0.5) is 5.69 Å². The van der Waals surface area contributed by atoms with Gasteiger partial charge in [0.25, 0.3) is 5.91 Å². The second kappa shape index (κ2) is 7.33. The van der Waals surface area contributed by atoms with E-state index in [9.17, 15) is 4.79 Å². The molecule has 4 aliphatic carbocycles. The van der Waals surface area contributed by atoms with Crippen molar-refractivity contribution in [1.82, 2.24) is 0 Å². The van der Waals surface area contributed by atoms with Gasteiger partial charge in [-0.15, -0.1) is 0 Å². The molecule has 0 spiro atoms. The van der Waals surface area contributed by atoms with Crippen LogP contribution in [0.15, 0.2) is 78.9 Å². The molecule has 0 radical (unpaired) electrons. The Balaban J connectivity index is 1.26. The average molecular weight is 422 g/mol. The minimum atomic E-state index is -0.0458. The summed E-state index contributed by atoms with van der Waals surface area (Å²) >= 11 is 0. The van der Waals surface area contributed by atoms with Crippen LogP contribution in [-0.4, -0.2) is 5.91 Å². The van der Waals surface area contributed by atoms with Gasteiger partial charge in [0.1, 0.15) is 0 Å². The maximum absolute atomic E-state index is 12.6. The molecule has 4 fully saturated rings. The van der Waals surface area contributed by atoms with Crippen molar-refractivity contribution in [2.45, 2.75) is 56.3 Å². The molecule has 3 aromatic rings. The summed E-state index contributed by atoms with van der Waals surface area (Å²) in [4.78, 5) is 12.6. The number of hydrogen-bond donors (Lipinski definition) is 1. The average Bonchev–Trinajstić information content (AvgIpc) is 2.80. The Bertz CT molecular complexity index is 1120. The van der Waals surface area contributed by atoms with Gasteiger partial charge in [0.2, 0.25) is 0 Å². The Labute approximate surface area is 191 Å². The van der Waals surface area contributed by atoms with Crippen molar-refractivity contribution in [3.63, 3.8) is 0 Å². The lowest BCUT2D eigenvalue weighted by molar-refractivity contribution is -0.0281. The maximum atomic E-state index is 12.6. The standard InChI is InChI=1S/C30H31NO/c1-21-7-9-24(10-8-21)28(32)31-27-13-11-26(12-14-27)30-18-22-15-23(19-30)17-29(16-22,20-30)25-5-3-2-4-6-25/h2-14,22-23H,15-20H2,1H3,(H,31,32)/t22-,23-,29?,30?/m1/s1. The highest BCUT2D eigenvalue weighted by Crippen LogP contribution is 2.66. The van der Waals surface area contributed by atoms with Crippen LogP contribution in [0.3, 0.4) is 0 Å². The molecule has 4 saturated carbocycles. The van der Waals surface area contributed by atoms with Crippen LogP contribution in [0.1, 0.15) is 65.6 Å². The minimum Gasteiger partial charge on any atom is -0.322 e. The number of aryl methyl sites for hydroxylation is 1. The third kappa shape index (κ3) is 3.28. The molecule has 2 heteroatoms. The fraction of sp³-hybridized carbons (Fsp3) is 0.367. The van der Waals surface area contributed by atoms with Gasteiger partial charge in [-0.2, -0.15) is 0 Å². The third-order valence-electron chi connectivity index (χ3n) is 8.52. The van der Waals surface area contributed by atoms with Crippen LogP contribution in [-0.2, 0) is 10.8 Å². The SMILES string of the molecule is Cc1ccc(C(=O)Nc2ccc(C34C[C@@H]5C[C@H](CC(c6ccccc6)(C5)C3)C4)cc2)cc1. The van der Waals surface area contributed by atoms with Gasteiger partial charge in [0.15, 0.2) is 0 Å². The predicted octanol–water partition coefficient (Wildman–Crippen LogP) is 7.04. The van der Waals surface area contributed by atoms with E-state index in [2.05, 4.69) is 59.9 Å². The highest BCUT2D eigenvalue weighted by Gasteiger charge is 2.58. The van der Waals surface area contributed by atoms with E-state index in [1.807, 2.05) is 31.2 Å². The summed E-state index contributed by atoms with van der Waals surface area (Å²) < 4.78 is 0. The topological polar surface area (TPSA) is 29.1 Å². The highest BCUT2D eigenvalue weighted by atomic mass is 16.1. The molecule has 1 N–H and O–H groups in total. The van der Waals surface area contributed by atoms with E-state index in [0.717, 1.165) is 23.1 Å². The second-order valence-corrected chi connectivity index (χ2v) is 10.8. The number of carbonyl (C=O) groups is 1. The molecule has 2 atom stereocenters. The van der Waals surface area contributed by atoms with E-state index in [4.69, 9.17) is 0 Å². The van der Waals surface area contributed by atoms with Gasteiger partial charge in [-0.1, -0.05) is 60.2 Å². The summed E-state index contributed by atoms with van der Waals surface area (Å²) in [6.07, 6.45) is 8.06. The molecular formula is C30H31NO. The Morgan fingerprint density at radius 2 is 1.31 bits per heavy atom. The molecule has 0 unspecified atom stereocenters. The fourth-order valence-electron chi connectivity index (χ4n) is 7.55. The molecule has 2 nitrogen and oxygen atoms in total. The Kier molecular flexibility index (Phi) is 4.54. The lowest BCUT2D eigenvalue weighted by Gasteiger charge is -2.62. The first-order valence-electron chi connectivity index (χ1n) is 12.1. The van der Waals surface area contributed by atoms with Crippen molar-refractivity contribution in [2.75, 3.05) is 5.32 Å². The first-order valence-corrected chi connectivity index (χ1v) is 12.1. The van der Waals surface area contributed by atoms with Crippen molar-refractivity contribution in [2.24, 2.45) is 11.8 Å². The van der Waals surface area contributed by atoms with Crippen LogP contribution >= 0.6 is 0 Å². The molecule has 4 aliphatic rings. The smallest absolute Gasteiger partial charge is 0.255 e. The summed E-state index contributed by atoms with van der Waals surface area (Å²) in [5.41, 5.74) is 6.41. The monoisotopic (exact) mass is 421 g/mol. The van der Waals surface area contributed by atoms with Gasteiger partial charge in [-0.05, 0) is 104 Å². The molecule has 162 valence electrons. The largest absolute Gasteiger partial charge is 0.322 e. The molecule has 0 saturated heterocycles. The molecule has 0 heterocycles. The van der Waals surface area contributed by atoms with Gasteiger partial charge in [0.05, 0.1) is 0 Å². The molecule has 4 bridgehead atoms. The van der Waals surface area contributed by atoms with Gasteiger partial charge in [-0.25, -0.2) is 0 Å². The predicted molar refractivity (Wildman–Crippen MR) is 130 cm³/mol. The van der Waals surface area contributed by atoms with E-state index in [1.54, 1.807) is 5.56 Å². The minimum absolute atomic E-state index is 0.0458. The van der Waals surface area contributed by atoms with Crippen molar-refractivity contribution in [1.29, 1.82) is 0 Å². The number of carbonyl (C=O) groups excluding carboxylic acids is 1. The summed E-state index contributed by atoms with van der Waals surface area (Å²) in [5, 5.41) is 3.07. The van der Waals surface area contributed by atoms with Crippen LogP contribution in [0.2, 0.25) is 0 Å². The number of hydrogen-bond acceptors (Lipinski definition) is 1. The van der Waals surface area contributed by atoms with Gasteiger partial charge >= 0.3 is 0 Å². The third-order valence-corrected chi connectivity index (χ3v) is 8.52. The van der Waals surface area contributed by atoms with Crippen molar-refractivity contribution in [3.8, 4) is 0 Å². The summed E-state index contributed by atoms with van der Waals surface area (Å²) in [5.74, 6) is 1.64. The van der Waals surface area contributed by atoms with Crippen LogP contribution in [0, 0.1) is 18.8 Å².